The van der Waals surface area contributed by atoms with Crippen LogP contribution in [-0.2, 0) is 4.79 Å². The summed E-state index contributed by atoms with van der Waals surface area (Å²) >= 11 is 0. The summed E-state index contributed by atoms with van der Waals surface area (Å²) in [6, 6.07) is 12.8. The molecule has 132 valence electrons. The summed E-state index contributed by atoms with van der Waals surface area (Å²) < 4.78 is 5.12. The van der Waals surface area contributed by atoms with E-state index in [0.717, 1.165) is 11.3 Å². The van der Waals surface area contributed by atoms with Crippen LogP contribution in [0.1, 0.15) is 33.6 Å². The van der Waals surface area contributed by atoms with Crippen molar-refractivity contribution in [2.75, 3.05) is 18.6 Å². The minimum absolute atomic E-state index is 0.193. The summed E-state index contributed by atoms with van der Waals surface area (Å²) in [6.07, 6.45) is 1.33. The normalized spacial score (nSPS) is 19.0. The summed E-state index contributed by atoms with van der Waals surface area (Å²) in [5.74, 6) is -0.351. The van der Waals surface area contributed by atoms with Gasteiger partial charge in [0.25, 0.3) is 17.7 Å². The molecule has 0 radical (unpaired) electrons. The highest BCUT2D eigenvalue weighted by atomic mass is 16.5. The maximum Gasteiger partial charge on any atom is 0.265 e. The summed E-state index contributed by atoms with van der Waals surface area (Å²) in [6.45, 7) is 0.536. The van der Waals surface area contributed by atoms with Crippen molar-refractivity contribution >= 4 is 23.4 Å². The number of ether oxygens (including phenoxy) is 1. The van der Waals surface area contributed by atoms with Crippen LogP contribution in [0.4, 0.5) is 5.69 Å². The molecule has 1 saturated heterocycles. The van der Waals surface area contributed by atoms with E-state index in [4.69, 9.17) is 4.74 Å². The Bertz CT molecular complexity index is 891. The molecule has 2 aromatic carbocycles. The molecule has 2 aromatic rings. The number of carbonyl (C=O) groups excluding carboxylic acids is 3. The zero-order valence-corrected chi connectivity index (χ0v) is 14.3. The van der Waals surface area contributed by atoms with Crippen LogP contribution in [0.5, 0.6) is 5.75 Å². The number of hydrogen-bond donors (Lipinski definition) is 0. The smallest absolute Gasteiger partial charge is 0.265 e. The van der Waals surface area contributed by atoms with Gasteiger partial charge in [-0.3, -0.25) is 14.4 Å². The summed E-state index contributed by atoms with van der Waals surface area (Å²) in [7, 11) is 1.55. The van der Waals surface area contributed by atoms with Crippen molar-refractivity contribution in [1.82, 2.24) is 4.90 Å². The van der Waals surface area contributed by atoms with Crippen molar-refractivity contribution < 1.29 is 19.1 Å². The number of para-hydroxylation sites is 1. The molecule has 1 atom stereocenters. The van der Waals surface area contributed by atoms with Crippen molar-refractivity contribution in [3.63, 3.8) is 0 Å². The minimum atomic E-state index is -0.586. The van der Waals surface area contributed by atoms with Gasteiger partial charge in [0.05, 0.1) is 18.4 Å². The van der Waals surface area contributed by atoms with Gasteiger partial charge in [-0.05, 0) is 49.2 Å². The van der Waals surface area contributed by atoms with Gasteiger partial charge in [0, 0.05) is 12.1 Å². The average Bonchev–Trinajstić information content (AvgIpc) is 3.15. The highest BCUT2D eigenvalue weighted by Crippen LogP contribution is 2.33. The molecule has 0 bridgehead atoms. The van der Waals surface area contributed by atoms with Gasteiger partial charge < -0.3 is 9.64 Å². The van der Waals surface area contributed by atoms with E-state index in [1.165, 1.54) is 0 Å². The second kappa shape index (κ2) is 6.29. The van der Waals surface area contributed by atoms with E-state index in [9.17, 15) is 14.4 Å². The van der Waals surface area contributed by atoms with Gasteiger partial charge in [-0.1, -0.05) is 12.1 Å². The molecule has 0 aromatic heterocycles. The predicted molar refractivity (Wildman–Crippen MR) is 95.3 cm³/mol. The number of anilines is 1. The van der Waals surface area contributed by atoms with Gasteiger partial charge in [-0.15, -0.1) is 0 Å². The van der Waals surface area contributed by atoms with Gasteiger partial charge in [0.1, 0.15) is 11.8 Å². The van der Waals surface area contributed by atoms with Crippen LogP contribution in [0, 0.1) is 0 Å². The van der Waals surface area contributed by atoms with Crippen LogP contribution in [0.2, 0.25) is 0 Å². The molecule has 2 aliphatic heterocycles. The van der Waals surface area contributed by atoms with E-state index in [0.29, 0.717) is 35.5 Å². The van der Waals surface area contributed by atoms with E-state index in [1.54, 1.807) is 60.5 Å². The van der Waals surface area contributed by atoms with Crippen LogP contribution in [0.25, 0.3) is 0 Å². The van der Waals surface area contributed by atoms with Gasteiger partial charge >= 0.3 is 0 Å². The zero-order valence-electron chi connectivity index (χ0n) is 14.3. The van der Waals surface area contributed by atoms with Gasteiger partial charge in [-0.25, -0.2) is 4.90 Å². The molecule has 0 N–H and O–H groups in total. The van der Waals surface area contributed by atoms with Crippen molar-refractivity contribution in [3.8, 4) is 5.75 Å². The minimum Gasteiger partial charge on any atom is -0.497 e. The lowest BCUT2D eigenvalue weighted by Crippen LogP contribution is -2.47. The number of carbonyl (C=O) groups is 3. The highest BCUT2D eigenvalue weighted by Gasteiger charge is 2.44. The fraction of sp³-hybridized carbons (Fsp3) is 0.250. The van der Waals surface area contributed by atoms with E-state index in [-0.39, 0.29) is 11.8 Å². The Balaban J connectivity index is 1.82. The third-order valence-corrected chi connectivity index (χ3v) is 4.93. The lowest BCUT2D eigenvalue weighted by atomic mass is 10.1. The fourth-order valence-electron chi connectivity index (χ4n) is 3.61. The molecule has 6 heteroatoms. The molecule has 0 aliphatic carbocycles. The van der Waals surface area contributed by atoms with Crippen molar-refractivity contribution in [1.29, 1.82) is 0 Å². The summed E-state index contributed by atoms with van der Waals surface area (Å²) in [5.41, 5.74) is 1.10. The molecule has 0 unspecified atom stereocenters. The highest BCUT2D eigenvalue weighted by molar-refractivity contribution is 6.26. The largest absolute Gasteiger partial charge is 0.497 e. The number of benzene rings is 2. The van der Waals surface area contributed by atoms with E-state index in [1.807, 2.05) is 0 Å². The molecule has 2 heterocycles. The number of fused-ring (bicyclic) bond motifs is 2. The molecule has 26 heavy (non-hydrogen) atoms. The lowest BCUT2D eigenvalue weighted by Gasteiger charge is -2.24. The third-order valence-electron chi connectivity index (χ3n) is 4.93. The predicted octanol–water partition coefficient (Wildman–Crippen LogP) is 2.49. The zero-order chi connectivity index (χ0) is 18.3. The SMILES string of the molecule is COc1ccc(C(=O)N2C(=O)[C@@H]3CCCN3C(=O)c3ccccc32)cc1. The van der Waals surface area contributed by atoms with E-state index in [2.05, 4.69) is 0 Å². The first-order chi connectivity index (χ1) is 12.6. The Kier molecular flexibility index (Phi) is 3.95. The first kappa shape index (κ1) is 16.3. The molecule has 0 spiro atoms. The van der Waals surface area contributed by atoms with Crippen LogP contribution in [-0.4, -0.2) is 42.3 Å². The Morgan fingerprint density at radius 1 is 1.08 bits per heavy atom. The van der Waals surface area contributed by atoms with Gasteiger partial charge in [0.15, 0.2) is 0 Å². The van der Waals surface area contributed by atoms with E-state index < -0.39 is 11.9 Å². The number of imide groups is 1. The molecule has 2 aliphatic rings. The van der Waals surface area contributed by atoms with Gasteiger partial charge in [0.2, 0.25) is 0 Å². The monoisotopic (exact) mass is 350 g/mol. The van der Waals surface area contributed by atoms with E-state index >= 15 is 0 Å². The van der Waals surface area contributed by atoms with Crippen LogP contribution >= 0.6 is 0 Å². The Hall–Kier alpha value is -3.15. The van der Waals surface area contributed by atoms with Crippen LogP contribution in [0.15, 0.2) is 48.5 Å². The average molecular weight is 350 g/mol. The Morgan fingerprint density at radius 3 is 2.54 bits per heavy atom. The van der Waals surface area contributed by atoms with Crippen LogP contribution in [0.3, 0.4) is 0 Å². The quantitative estimate of drug-likeness (QED) is 0.781. The molecular formula is C20H18N2O4. The van der Waals surface area contributed by atoms with Crippen molar-refractivity contribution in [2.45, 2.75) is 18.9 Å². The Morgan fingerprint density at radius 2 is 1.81 bits per heavy atom. The van der Waals surface area contributed by atoms with Crippen molar-refractivity contribution in [2.24, 2.45) is 0 Å². The fourth-order valence-corrected chi connectivity index (χ4v) is 3.61. The maximum atomic E-state index is 13.2. The molecule has 6 nitrogen and oxygen atoms in total. The van der Waals surface area contributed by atoms with Gasteiger partial charge in [-0.2, -0.15) is 0 Å². The number of hydrogen-bond acceptors (Lipinski definition) is 4. The maximum absolute atomic E-state index is 13.2. The third kappa shape index (κ3) is 2.45. The van der Waals surface area contributed by atoms with Crippen molar-refractivity contribution in [3.05, 3.63) is 59.7 Å². The number of rotatable bonds is 2. The lowest BCUT2D eigenvalue weighted by molar-refractivity contribution is -0.121. The molecular weight excluding hydrogens is 332 g/mol. The number of methoxy groups -OCH3 is 1. The first-order valence-corrected chi connectivity index (χ1v) is 8.54. The topological polar surface area (TPSA) is 66.9 Å². The first-order valence-electron chi connectivity index (χ1n) is 8.54. The standard InChI is InChI=1S/C20H18N2O4/c1-26-14-10-8-13(9-11-14)18(23)22-16-6-3-2-5-15(16)19(24)21-12-4-7-17(21)20(22)25/h2-3,5-6,8-11,17H,4,7,12H2,1H3/t17-/m0/s1. The molecule has 4 rings (SSSR count). The number of amides is 3. The van der Waals surface area contributed by atoms with Crippen LogP contribution < -0.4 is 9.64 Å². The second-order valence-corrected chi connectivity index (χ2v) is 6.38. The molecule has 3 amide bonds. The Labute approximate surface area is 151 Å². The summed E-state index contributed by atoms with van der Waals surface area (Å²) in [5, 5.41) is 0. The summed E-state index contributed by atoms with van der Waals surface area (Å²) in [4.78, 5) is 41.9. The number of nitrogens with zero attached hydrogens (tertiary/aromatic N) is 2. The second-order valence-electron chi connectivity index (χ2n) is 6.38. The molecule has 1 fully saturated rings. The molecule has 0 saturated carbocycles.